The van der Waals surface area contributed by atoms with Crippen LogP contribution >= 0.6 is 0 Å². The second-order valence-electron chi connectivity index (χ2n) is 1.77. The number of nitrogens with two attached hydrogens (primary N) is 1. The Labute approximate surface area is 79.7 Å². The Bertz CT molecular complexity index is 215. The van der Waals surface area contributed by atoms with E-state index in [1.165, 1.54) is 12.4 Å². The van der Waals surface area contributed by atoms with E-state index in [0.29, 0.717) is 0 Å². The van der Waals surface area contributed by atoms with Gasteiger partial charge in [0, 0.05) is 19.3 Å². The molecule has 0 radical (unpaired) electrons. The van der Waals surface area contributed by atoms with Crippen LogP contribution in [-0.2, 0) is 4.79 Å². The normalized spacial score (nSPS) is 7.00. The van der Waals surface area contributed by atoms with Gasteiger partial charge in [-0.2, -0.15) is 0 Å². The molecule has 14 heavy (non-hydrogen) atoms. The minimum Gasteiger partial charge on any atom is -0.465 e. The van der Waals surface area contributed by atoms with Crippen LogP contribution in [0.3, 0.4) is 0 Å². The first-order valence-corrected chi connectivity index (χ1v) is 3.32. The van der Waals surface area contributed by atoms with Crippen molar-refractivity contribution in [1.82, 2.24) is 15.4 Å². The topological polar surface area (TPSA) is 141 Å². The molecule has 0 atom stereocenters. The number of primary amides is 1. The van der Waals surface area contributed by atoms with Crippen LogP contribution in [0.2, 0.25) is 0 Å². The van der Waals surface area contributed by atoms with Crippen molar-refractivity contribution >= 4 is 12.0 Å². The Kier molecular flexibility index (Phi) is 11.2. The molecular weight excluding hydrogens is 192 g/mol. The molecule has 2 amide bonds. The van der Waals surface area contributed by atoms with Gasteiger partial charge >= 0.3 is 6.09 Å². The van der Waals surface area contributed by atoms with E-state index in [2.05, 4.69) is 15.7 Å². The molecule has 0 saturated heterocycles. The van der Waals surface area contributed by atoms with Gasteiger partial charge in [-0.1, -0.05) is 0 Å². The van der Waals surface area contributed by atoms with Crippen LogP contribution in [0.15, 0.2) is 18.7 Å². The molecule has 0 aliphatic heterocycles. The van der Waals surface area contributed by atoms with Crippen molar-refractivity contribution in [2.24, 2.45) is 5.73 Å². The molecule has 0 saturated carbocycles. The molecule has 80 valence electrons. The van der Waals surface area contributed by atoms with Crippen LogP contribution in [0.1, 0.15) is 6.92 Å². The van der Waals surface area contributed by atoms with E-state index in [0.717, 1.165) is 0 Å². The summed E-state index contributed by atoms with van der Waals surface area (Å²) in [6, 6.07) is 0. The van der Waals surface area contributed by atoms with E-state index in [4.69, 9.17) is 15.1 Å². The third-order valence-electron chi connectivity index (χ3n) is 0.563. The van der Waals surface area contributed by atoms with Gasteiger partial charge in [0.15, 0.2) is 0 Å². The zero-order valence-electron chi connectivity index (χ0n) is 7.47. The highest BCUT2D eigenvalue weighted by atomic mass is 16.5. The molecule has 8 nitrogen and oxygen atoms in total. The highest BCUT2D eigenvalue weighted by Crippen LogP contribution is 1.62. The Morgan fingerprint density at radius 2 is 2.00 bits per heavy atom. The van der Waals surface area contributed by atoms with Crippen LogP contribution in [0.25, 0.3) is 0 Å². The van der Waals surface area contributed by atoms with Crippen LogP contribution in [0, 0.1) is 0 Å². The second-order valence-corrected chi connectivity index (χ2v) is 1.77. The van der Waals surface area contributed by atoms with E-state index in [1.807, 2.05) is 0 Å². The quantitative estimate of drug-likeness (QED) is 0.287. The highest BCUT2D eigenvalue weighted by Gasteiger charge is 1.74. The van der Waals surface area contributed by atoms with Gasteiger partial charge in [0.1, 0.15) is 0 Å². The fraction of sp³-hybridized carbons (Fsp3) is 0.167. The number of carboxylic acid groups (broad SMARTS) is 1. The fourth-order valence-electron chi connectivity index (χ4n) is 0.215. The van der Waals surface area contributed by atoms with E-state index in [-0.39, 0.29) is 0 Å². The second kappa shape index (κ2) is 10.9. The molecule has 0 fully saturated rings. The van der Waals surface area contributed by atoms with Gasteiger partial charge in [0.05, 0.1) is 6.33 Å². The van der Waals surface area contributed by atoms with Crippen molar-refractivity contribution in [3.63, 3.8) is 0 Å². The SMILES string of the molecule is CC(=O)NO.NC(=O)O.c1c[nH]cn1. The standard InChI is InChI=1S/C3H4N2.C2H5NO2.CH3NO2/c1-2-5-3-4-1;1-2(4)3-5;2-1(3)4/h1-3H,(H,4,5);5H,1H3,(H,3,4);2H2,(H,3,4). The van der Waals surface area contributed by atoms with E-state index >= 15 is 0 Å². The molecule has 6 N–H and O–H groups in total. The highest BCUT2D eigenvalue weighted by molar-refractivity contribution is 5.71. The monoisotopic (exact) mass is 204 g/mol. The lowest BCUT2D eigenvalue weighted by atomic mass is 10.8. The fourth-order valence-corrected chi connectivity index (χ4v) is 0.215. The van der Waals surface area contributed by atoms with Crippen molar-refractivity contribution in [2.75, 3.05) is 0 Å². The van der Waals surface area contributed by atoms with Crippen LogP contribution in [0.4, 0.5) is 4.79 Å². The van der Waals surface area contributed by atoms with E-state index in [1.54, 1.807) is 18.7 Å². The largest absolute Gasteiger partial charge is 0.465 e. The van der Waals surface area contributed by atoms with Gasteiger partial charge in [-0.25, -0.2) is 15.3 Å². The van der Waals surface area contributed by atoms with Gasteiger partial charge in [-0.05, 0) is 0 Å². The molecule has 1 rings (SSSR count). The van der Waals surface area contributed by atoms with E-state index in [9.17, 15) is 4.79 Å². The Morgan fingerprint density at radius 1 is 1.57 bits per heavy atom. The molecule has 8 heteroatoms. The molecule has 0 spiro atoms. The summed E-state index contributed by atoms with van der Waals surface area (Å²) < 4.78 is 0. The van der Waals surface area contributed by atoms with Gasteiger partial charge < -0.3 is 15.8 Å². The van der Waals surface area contributed by atoms with Gasteiger partial charge in [0.2, 0.25) is 5.91 Å². The zero-order valence-corrected chi connectivity index (χ0v) is 7.47. The Hall–Kier alpha value is -2.09. The van der Waals surface area contributed by atoms with Gasteiger partial charge in [0.25, 0.3) is 0 Å². The number of amides is 2. The number of hydrogen-bond donors (Lipinski definition) is 5. The summed E-state index contributed by atoms with van der Waals surface area (Å²) in [6.45, 7) is 1.22. The zero-order chi connectivity index (χ0) is 11.4. The first-order chi connectivity index (χ1) is 6.50. The summed E-state index contributed by atoms with van der Waals surface area (Å²) in [5.74, 6) is -0.440. The molecule has 0 bridgehead atoms. The third kappa shape index (κ3) is 32.6. The third-order valence-corrected chi connectivity index (χ3v) is 0.563. The smallest absolute Gasteiger partial charge is 0.402 e. The number of nitrogens with zero attached hydrogens (tertiary/aromatic N) is 1. The number of imidazole rings is 1. The Balaban J connectivity index is 0. The van der Waals surface area contributed by atoms with Crippen molar-refractivity contribution < 1.29 is 19.9 Å². The minimum absolute atomic E-state index is 0.440. The number of hydrogen-bond acceptors (Lipinski definition) is 4. The summed E-state index contributed by atoms with van der Waals surface area (Å²) in [5, 5.41) is 14.7. The van der Waals surface area contributed by atoms with Crippen molar-refractivity contribution in [3.05, 3.63) is 18.7 Å². The predicted octanol–water partition coefficient (Wildman–Crippen LogP) is -0.455. The summed E-state index contributed by atoms with van der Waals surface area (Å²) >= 11 is 0. The predicted molar refractivity (Wildman–Crippen MR) is 46.4 cm³/mol. The number of aromatic nitrogens is 2. The van der Waals surface area contributed by atoms with Crippen LogP contribution in [-0.4, -0.2) is 32.3 Å². The number of rotatable bonds is 0. The number of nitrogens with one attached hydrogen (secondary N) is 2. The van der Waals surface area contributed by atoms with Crippen LogP contribution < -0.4 is 11.2 Å². The number of carbonyl (C=O) groups excluding carboxylic acids is 1. The summed E-state index contributed by atoms with van der Waals surface area (Å²) in [6.07, 6.45) is 3.75. The first-order valence-electron chi connectivity index (χ1n) is 3.32. The molecule has 1 aromatic rings. The molecule has 1 heterocycles. The van der Waals surface area contributed by atoms with Crippen molar-refractivity contribution in [3.8, 4) is 0 Å². The minimum atomic E-state index is -1.33. The maximum atomic E-state index is 9.45. The number of H-pyrrole nitrogens is 1. The average molecular weight is 204 g/mol. The summed E-state index contributed by atoms with van der Waals surface area (Å²) in [4.78, 5) is 24.6. The van der Waals surface area contributed by atoms with Gasteiger partial charge in [-0.3, -0.25) is 10.0 Å². The maximum Gasteiger partial charge on any atom is 0.402 e. The molecule has 0 aromatic carbocycles. The molecule has 0 aliphatic carbocycles. The number of hydroxylamine groups is 1. The first kappa shape index (κ1) is 14.4. The van der Waals surface area contributed by atoms with Gasteiger partial charge in [-0.15, -0.1) is 0 Å². The lowest BCUT2D eigenvalue weighted by Crippen LogP contribution is -2.12. The van der Waals surface area contributed by atoms with Crippen molar-refractivity contribution in [2.45, 2.75) is 6.92 Å². The molecule has 0 aliphatic rings. The lowest BCUT2D eigenvalue weighted by Gasteiger charge is -1.78. The van der Waals surface area contributed by atoms with E-state index < -0.39 is 12.0 Å². The summed E-state index contributed by atoms with van der Waals surface area (Å²) in [7, 11) is 0. The average Bonchev–Trinajstić information content (AvgIpc) is 2.59. The van der Waals surface area contributed by atoms with Crippen LogP contribution in [0.5, 0.6) is 0 Å². The number of aromatic amines is 1. The summed E-state index contributed by atoms with van der Waals surface area (Å²) in [5.41, 5.74) is 5.42. The molecule has 0 unspecified atom stereocenters. The molecular formula is C6H12N4O4. The Morgan fingerprint density at radius 3 is 2.07 bits per heavy atom. The lowest BCUT2D eigenvalue weighted by molar-refractivity contribution is -0.126. The number of carbonyl (C=O) groups is 2. The maximum absolute atomic E-state index is 9.45. The van der Waals surface area contributed by atoms with Crippen molar-refractivity contribution in [1.29, 1.82) is 0 Å². The molecule has 1 aromatic heterocycles.